The topological polar surface area (TPSA) is 118 Å². The Morgan fingerprint density at radius 3 is 2.61 bits per heavy atom. The van der Waals surface area contributed by atoms with Crippen molar-refractivity contribution in [2.75, 3.05) is 13.2 Å². The number of benzene rings is 1. The highest BCUT2D eigenvalue weighted by Crippen LogP contribution is 2.30. The average Bonchev–Trinajstić information content (AvgIpc) is 3.32. The molecule has 180 valence electrons. The van der Waals surface area contributed by atoms with Gasteiger partial charge in [0.15, 0.2) is 6.10 Å². The van der Waals surface area contributed by atoms with Crippen molar-refractivity contribution in [2.45, 2.75) is 41.8 Å². The molecular weight excluding hydrogens is 587 g/mol. The summed E-state index contributed by atoms with van der Waals surface area (Å²) in [6.45, 7) is 4.33. The quantitative estimate of drug-likeness (QED) is 0.188. The summed E-state index contributed by atoms with van der Waals surface area (Å²) < 4.78 is 53.7. The van der Waals surface area contributed by atoms with Crippen LogP contribution in [0.4, 0.5) is 0 Å². The molecule has 0 aliphatic carbocycles. The van der Waals surface area contributed by atoms with Gasteiger partial charge < -0.3 is 24.1 Å². The molecule has 2 aromatic rings. The lowest BCUT2D eigenvalue weighted by atomic mass is 9.98. The van der Waals surface area contributed by atoms with E-state index in [0.29, 0.717) is 5.75 Å². The fourth-order valence-corrected chi connectivity index (χ4v) is 5.34. The van der Waals surface area contributed by atoms with Crippen molar-refractivity contribution in [2.24, 2.45) is 0 Å². The van der Waals surface area contributed by atoms with Gasteiger partial charge in [-0.25, -0.2) is 0 Å². The van der Waals surface area contributed by atoms with Crippen LogP contribution >= 0.6 is 33.9 Å². The molecule has 0 bridgehead atoms. The molecule has 1 aliphatic rings. The molecule has 1 aromatic heterocycles. The zero-order valence-electron chi connectivity index (χ0n) is 17.5. The number of ether oxygens (including phenoxy) is 4. The Bertz CT molecular complexity index is 1020. The van der Waals surface area contributed by atoms with E-state index in [9.17, 15) is 18.3 Å². The number of esters is 1. The highest BCUT2D eigenvalue weighted by Gasteiger charge is 2.49. The summed E-state index contributed by atoms with van der Waals surface area (Å²) in [6, 6.07) is 10.0. The van der Waals surface area contributed by atoms with E-state index in [-0.39, 0.29) is 10.8 Å². The Morgan fingerprint density at radius 1 is 1.27 bits per heavy atom. The zero-order chi connectivity index (χ0) is 24.0. The molecule has 0 amide bonds. The molecule has 33 heavy (non-hydrogen) atoms. The molecule has 0 spiro atoms. The number of hydrogen-bond acceptors (Lipinski definition) is 10. The third-order valence-corrected chi connectivity index (χ3v) is 7.88. The van der Waals surface area contributed by atoms with Gasteiger partial charge in [0.05, 0.1) is 13.2 Å². The molecule has 9 nitrogen and oxygen atoms in total. The van der Waals surface area contributed by atoms with E-state index in [1.165, 1.54) is 19.1 Å². The van der Waals surface area contributed by atoms with Gasteiger partial charge in [-0.2, -0.15) is 8.42 Å². The number of rotatable bonds is 10. The van der Waals surface area contributed by atoms with E-state index in [1.807, 2.05) is 12.1 Å². The van der Waals surface area contributed by atoms with Crippen molar-refractivity contribution >= 4 is 50.0 Å². The van der Waals surface area contributed by atoms with Gasteiger partial charge in [0.1, 0.15) is 28.3 Å². The van der Waals surface area contributed by atoms with Crippen LogP contribution in [0.5, 0.6) is 5.75 Å². The van der Waals surface area contributed by atoms with Crippen LogP contribution in [0.1, 0.15) is 6.92 Å². The van der Waals surface area contributed by atoms with Gasteiger partial charge in [-0.3, -0.25) is 8.98 Å². The molecule has 1 N–H and O–H groups in total. The molecule has 1 fully saturated rings. The molecule has 0 unspecified atom stereocenters. The third kappa shape index (κ3) is 6.97. The lowest BCUT2D eigenvalue weighted by molar-refractivity contribution is -0.287. The number of halogens is 1. The summed E-state index contributed by atoms with van der Waals surface area (Å²) in [6.07, 6.45) is -4.51. The van der Waals surface area contributed by atoms with Crippen molar-refractivity contribution in [1.82, 2.24) is 0 Å². The second kappa shape index (κ2) is 11.7. The van der Waals surface area contributed by atoms with Crippen molar-refractivity contribution < 1.29 is 41.4 Å². The minimum absolute atomic E-state index is 0.0248. The van der Waals surface area contributed by atoms with Crippen molar-refractivity contribution in [3.8, 4) is 5.75 Å². The van der Waals surface area contributed by atoms with Gasteiger partial charge in [-0.15, -0.1) is 17.9 Å². The smallest absolute Gasteiger partial charge is 0.306 e. The minimum Gasteiger partial charge on any atom is -0.461 e. The molecular formula is C21H23IO9S2. The van der Waals surface area contributed by atoms with Gasteiger partial charge in [0.2, 0.25) is 6.29 Å². The van der Waals surface area contributed by atoms with Crippen molar-refractivity contribution in [3.63, 3.8) is 0 Å². The lowest BCUT2D eigenvalue weighted by Crippen LogP contribution is -2.62. The maximum absolute atomic E-state index is 12.4. The molecule has 2 heterocycles. The predicted molar refractivity (Wildman–Crippen MR) is 127 cm³/mol. The predicted octanol–water partition coefficient (Wildman–Crippen LogP) is 2.73. The highest BCUT2D eigenvalue weighted by atomic mass is 127. The molecule has 0 radical (unpaired) electrons. The van der Waals surface area contributed by atoms with Crippen LogP contribution in [-0.2, 0) is 33.3 Å². The fourth-order valence-electron chi connectivity index (χ4n) is 3.08. The number of carbonyl (C=O) groups excluding carboxylic acids is 1. The fraction of sp³-hybridized carbons (Fsp3) is 0.381. The maximum atomic E-state index is 12.4. The van der Waals surface area contributed by atoms with Crippen molar-refractivity contribution in [3.05, 3.63) is 58.0 Å². The van der Waals surface area contributed by atoms with E-state index in [2.05, 4.69) is 29.2 Å². The largest absolute Gasteiger partial charge is 0.461 e. The van der Waals surface area contributed by atoms with Crippen molar-refractivity contribution in [1.29, 1.82) is 0 Å². The Morgan fingerprint density at radius 2 is 2.00 bits per heavy atom. The van der Waals surface area contributed by atoms with Crippen LogP contribution in [0.2, 0.25) is 0 Å². The van der Waals surface area contributed by atoms with Gasteiger partial charge >= 0.3 is 16.1 Å². The zero-order valence-corrected chi connectivity index (χ0v) is 21.3. The molecule has 3 rings (SSSR count). The van der Waals surface area contributed by atoms with Crippen LogP contribution in [0.25, 0.3) is 0 Å². The van der Waals surface area contributed by atoms with E-state index in [1.54, 1.807) is 23.6 Å². The average molecular weight is 610 g/mol. The number of thiophene rings is 1. The van der Waals surface area contributed by atoms with Gasteiger partial charge in [0, 0.05) is 10.5 Å². The van der Waals surface area contributed by atoms with Gasteiger partial charge in [0.25, 0.3) is 0 Å². The van der Waals surface area contributed by atoms with Crippen LogP contribution < -0.4 is 4.74 Å². The Kier molecular flexibility index (Phi) is 9.26. The molecule has 1 aliphatic heterocycles. The molecule has 1 aromatic carbocycles. The summed E-state index contributed by atoms with van der Waals surface area (Å²) in [7, 11) is -4.04. The summed E-state index contributed by atoms with van der Waals surface area (Å²) in [5.74, 6) is -0.212. The van der Waals surface area contributed by atoms with E-state index in [0.717, 1.165) is 14.9 Å². The third-order valence-electron chi connectivity index (χ3n) is 4.52. The monoisotopic (exact) mass is 610 g/mol. The van der Waals surface area contributed by atoms with Crippen LogP contribution in [0, 0.1) is 3.57 Å². The first-order valence-electron chi connectivity index (χ1n) is 9.79. The number of carbonyl (C=O) groups is 1. The maximum Gasteiger partial charge on any atom is 0.306 e. The number of hydrogen-bond donors (Lipinski definition) is 1. The normalized spacial score (nSPS) is 25.4. The highest BCUT2D eigenvalue weighted by molar-refractivity contribution is 14.1. The molecule has 12 heteroatoms. The van der Waals surface area contributed by atoms with E-state index < -0.39 is 53.4 Å². The molecule has 1 saturated heterocycles. The van der Waals surface area contributed by atoms with Gasteiger partial charge in [-0.05, 0) is 58.3 Å². The van der Waals surface area contributed by atoms with Gasteiger partial charge in [-0.1, -0.05) is 12.1 Å². The number of aliphatic hydroxyl groups excluding tert-OH is 1. The summed E-state index contributed by atoms with van der Waals surface area (Å²) in [5, 5.41) is 12.5. The summed E-state index contributed by atoms with van der Waals surface area (Å²) >= 11 is 3.15. The lowest BCUT2D eigenvalue weighted by Gasteiger charge is -2.43. The summed E-state index contributed by atoms with van der Waals surface area (Å²) in [5.41, 5.74) is 0. The Labute approximate surface area is 209 Å². The summed E-state index contributed by atoms with van der Waals surface area (Å²) in [4.78, 5) is 11.8. The first-order valence-corrected chi connectivity index (χ1v) is 13.2. The second-order valence-electron chi connectivity index (χ2n) is 6.94. The first-order chi connectivity index (χ1) is 15.7. The molecule has 0 saturated carbocycles. The number of aliphatic hydroxyl groups is 1. The van der Waals surface area contributed by atoms with E-state index >= 15 is 0 Å². The van der Waals surface area contributed by atoms with Crippen LogP contribution in [-0.4, -0.2) is 63.4 Å². The first kappa shape index (κ1) is 26.1. The molecule has 5 atom stereocenters. The van der Waals surface area contributed by atoms with Crippen LogP contribution in [0.3, 0.4) is 0 Å². The second-order valence-corrected chi connectivity index (χ2v) is 11.0. The SMILES string of the molecule is C=CCO[C@H]1[C@H](O)[C@H](COS(=O)(=O)c2cccs2)O[C@@H](Oc2ccc(I)cc2)[C@H]1OC(C)=O. The van der Waals surface area contributed by atoms with E-state index in [4.69, 9.17) is 23.1 Å². The standard InChI is InChI=1S/C21H23IO9S2/c1-3-10-27-19-18(24)16(12-28-33(25,26)17-5-4-11-32-17)31-21(20(19)29-13(2)23)30-15-8-6-14(22)7-9-15/h3-9,11,16,18-21,24H,1,10,12H2,2H3/t16-,18+,19-,20-,21+/m0/s1. The Hall–Kier alpha value is -1.55. The Balaban J connectivity index is 1.84. The van der Waals surface area contributed by atoms with Crippen LogP contribution in [0.15, 0.2) is 58.6 Å². The minimum atomic E-state index is -4.04.